The second-order valence-corrected chi connectivity index (χ2v) is 7.80. The van der Waals surface area contributed by atoms with Crippen molar-refractivity contribution in [2.75, 3.05) is 0 Å². The second kappa shape index (κ2) is 10.2. The Bertz CT molecular complexity index is 565. The van der Waals surface area contributed by atoms with Gasteiger partial charge in [-0.25, -0.2) is 4.79 Å². The van der Waals surface area contributed by atoms with Crippen LogP contribution in [0.15, 0.2) is 30.3 Å². The predicted octanol–water partition coefficient (Wildman–Crippen LogP) is 3.42. The number of nitrogens with one attached hydrogen (secondary N) is 1. The molecule has 2 N–H and O–H groups in total. The van der Waals surface area contributed by atoms with Gasteiger partial charge in [-0.2, -0.15) is 0 Å². The van der Waals surface area contributed by atoms with E-state index in [1.165, 1.54) is 0 Å². The third kappa shape index (κ3) is 9.42. The minimum absolute atomic E-state index is 0.154. The normalized spacial score (nSPS) is 13.8. The van der Waals surface area contributed by atoms with Gasteiger partial charge >= 0.3 is 12.1 Å². The van der Waals surface area contributed by atoms with E-state index in [2.05, 4.69) is 5.32 Å². The number of hydrogen-bond donors (Lipinski definition) is 2. The highest BCUT2D eigenvalue weighted by Crippen LogP contribution is 2.14. The Morgan fingerprint density at radius 3 is 2.31 bits per heavy atom. The summed E-state index contributed by atoms with van der Waals surface area (Å²) < 4.78 is 10.4. The van der Waals surface area contributed by atoms with E-state index in [1.807, 2.05) is 44.2 Å². The van der Waals surface area contributed by atoms with E-state index in [1.54, 1.807) is 20.8 Å². The van der Waals surface area contributed by atoms with Crippen LogP contribution in [-0.4, -0.2) is 34.9 Å². The molecule has 0 bridgehead atoms. The Balaban J connectivity index is 2.57. The van der Waals surface area contributed by atoms with Crippen LogP contribution in [-0.2, 0) is 20.9 Å². The molecule has 1 amide bonds. The molecule has 6 heteroatoms. The van der Waals surface area contributed by atoms with Gasteiger partial charge in [-0.3, -0.25) is 4.79 Å². The molecule has 2 atom stereocenters. The summed E-state index contributed by atoms with van der Waals surface area (Å²) in [7, 11) is 0. The number of aliphatic hydroxyl groups is 1. The van der Waals surface area contributed by atoms with Crippen LogP contribution < -0.4 is 5.32 Å². The third-order valence-corrected chi connectivity index (χ3v) is 3.51. The molecule has 0 aromatic heterocycles. The van der Waals surface area contributed by atoms with Crippen molar-refractivity contribution < 1.29 is 24.2 Å². The van der Waals surface area contributed by atoms with Gasteiger partial charge in [0.25, 0.3) is 0 Å². The SMILES string of the molecule is CC(C)CC(NC(=O)OC(C)(C)C)C(O)CC(=O)OCc1ccccc1. The van der Waals surface area contributed by atoms with Crippen molar-refractivity contribution in [2.45, 2.75) is 71.8 Å². The summed E-state index contributed by atoms with van der Waals surface area (Å²) in [5.74, 6) is -0.286. The van der Waals surface area contributed by atoms with Gasteiger partial charge < -0.3 is 19.9 Å². The van der Waals surface area contributed by atoms with Crippen LogP contribution in [0.25, 0.3) is 0 Å². The molecular formula is C20H31NO5. The van der Waals surface area contributed by atoms with Gasteiger partial charge in [-0.05, 0) is 38.7 Å². The zero-order chi connectivity index (χ0) is 19.7. The lowest BCUT2D eigenvalue weighted by atomic mass is 9.97. The Morgan fingerprint density at radius 1 is 1.15 bits per heavy atom. The van der Waals surface area contributed by atoms with E-state index in [0.29, 0.717) is 6.42 Å². The van der Waals surface area contributed by atoms with Gasteiger partial charge in [0.15, 0.2) is 0 Å². The van der Waals surface area contributed by atoms with Crippen LogP contribution in [0.1, 0.15) is 53.0 Å². The zero-order valence-electron chi connectivity index (χ0n) is 16.3. The van der Waals surface area contributed by atoms with Crippen LogP contribution in [0.5, 0.6) is 0 Å². The van der Waals surface area contributed by atoms with Crippen molar-refractivity contribution in [2.24, 2.45) is 5.92 Å². The minimum atomic E-state index is -1.05. The molecular weight excluding hydrogens is 334 g/mol. The van der Waals surface area contributed by atoms with Crippen molar-refractivity contribution in [3.63, 3.8) is 0 Å². The number of carbonyl (C=O) groups excluding carboxylic acids is 2. The average molecular weight is 365 g/mol. The van der Waals surface area contributed by atoms with Crippen LogP contribution in [0.2, 0.25) is 0 Å². The highest BCUT2D eigenvalue weighted by Gasteiger charge is 2.27. The van der Waals surface area contributed by atoms with Crippen LogP contribution in [0.3, 0.4) is 0 Å². The molecule has 0 radical (unpaired) electrons. The van der Waals surface area contributed by atoms with E-state index in [4.69, 9.17) is 9.47 Å². The topological polar surface area (TPSA) is 84.9 Å². The number of ether oxygens (including phenoxy) is 2. The summed E-state index contributed by atoms with van der Waals surface area (Å²) in [4.78, 5) is 24.0. The summed E-state index contributed by atoms with van der Waals surface area (Å²) in [6.07, 6.45) is -1.33. The first-order chi connectivity index (χ1) is 12.1. The zero-order valence-corrected chi connectivity index (χ0v) is 16.3. The molecule has 1 aromatic rings. The number of benzene rings is 1. The molecule has 0 aliphatic heterocycles. The van der Waals surface area contributed by atoms with Crippen LogP contribution in [0, 0.1) is 5.92 Å². The second-order valence-electron chi connectivity index (χ2n) is 7.80. The van der Waals surface area contributed by atoms with Crippen LogP contribution >= 0.6 is 0 Å². The Hall–Kier alpha value is -2.08. The maximum Gasteiger partial charge on any atom is 0.407 e. The first-order valence-electron chi connectivity index (χ1n) is 8.94. The maximum atomic E-state index is 12.0. The molecule has 0 heterocycles. The summed E-state index contributed by atoms with van der Waals surface area (Å²) in [5, 5.41) is 13.1. The number of esters is 1. The molecule has 146 valence electrons. The first kappa shape index (κ1) is 22.0. The lowest BCUT2D eigenvalue weighted by Gasteiger charge is -2.27. The van der Waals surface area contributed by atoms with Gasteiger partial charge in [-0.15, -0.1) is 0 Å². The quantitative estimate of drug-likeness (QED) is 0.690. The number of alkyl carbamates (subject to hydrolysis) is 1. The van der Waals surface area contributed by atoms with Crippen molar-refractivity contribution in [3.8, 4) is 0 Å². The first-order valence-corrected chi connectivity index (χ1v) is 8.94. The molecule has 1 aromatic carbocycles. The van der Waals surface area contributed by atoms with Crippen LogP contribution in [0.4, 0.5) is 4.79 Å². The smallest absolute Gasteiger partial charge is 0.407 e. The number of aliphatic hydroxyl groups excluding tert-OH is 1. The fraction of sp³-hybridized carbons (Fsp3) is 0.600. The molecule has 1 rings (SSSR count). The van der Waals surface area contributed by atoms with Crippen molar-refractivity contribution in [3.05, 3.63) is 35.9 Å². The summed E-state index contributed by atoms with van der Waals surface area (Å²) in [5.41, 5.74) is 0.243. The third-order valence-electron chi connectivity index (χ3n) is 3.51. The van der Waals surface area contributed by atoms with Gasteiger partial charge in [0, 0.05) is 0 Å². The largest absolute Gasteiger partial charge is 0.461 e. The molecule has 0 aliphatic rings. The van der Waals surface area contributed by atoms with E-state index in [9.17, 15) is 14.7 Å². The monoisotopic (exact) mass is 365 g/mol. The fourth-order valence-corrected chi connectivity index (χ4v) is 2.39. The molecule has 0 fully saturated rings. The van der Waals surface area contributed by atoms with Crippen molar-refractivity contribution in [1.29, 1.82) is 0 Å². The molecule has 0 saturated carbocycles. The highest BCUT2D eigenvalue weighted by molar-refractivity contribution is 5.71. The van der Waals surface area contributed by atoms with Crippen molar-refractivity contribution in [1.82, 2.24) is 5.32 Å². The number of carbonyl (C=O) groups is 2. The summed E-state index contributed by atoms with van der Waals surface area (Å²) in [6.45, 7) is 9.40. The van der Waals surface area contributed by atoms with E-state index in [-0.39, 0.29) is 18.9 Å². The summed E-state index contributed by atoms with van der Waals surface area (Å²) in [6, 6.07) is 8.73. The number of hydrogen-bond acceptors (Lipinski definition) is 5. The van der Waals surface area contributed by atoms with E-state index in [0.717, 1.165) is 5.56 Å². The number of amides is 1. The minimum Gasteiger partial charge on any atom is -0.461 e. The molecule has 26 heavy (non-hydrogen) atoms. The summed E-state index contributed by atoms with van der Waals surface area (Å²) >= 11 is 0. The fourth-order valence-electron chi connectivity index (χ4n) is 2.39. The molecule has 0 saturated heterocycles. The highest BCUT2D eigenvalue weighted by atomic mass is 16.6. The Kier molecular flexibility index (Phi) is 8.58. The number of rotatable bonds is 8. The van der Waals surface area contributed by atoms with E-state index >= 15 is 0 Å². The molecule has 2 unspecified atom stereocenters. The Labute approximate surface area is 155 Å². The predicted molar refractivity (Wildman–Crippen MR) is 99.5 cm³/mol. The molecule has 6 nitrogen and oxygen atoms in total. The average Bonchev–Trinajstić information content (AvgIpc) is 2.51. The lowest BCUT2D eigenvalue weighted by Crippen LogP contribution is -2.46. The van der Waals surface area contributed by atoms with Gasteiger partial charge in [-0.1, -0.05) is 44.2 Å². The lowest BCUT2D eigenvalue weighted by molar-refractivity contribution is -0.147. The molecule has 0 spiro atoms. The maximum absolute atomic E-state index is 12.0. The van der Waals surface area contributed by atoms with Gasteiger partial charge in [0.2, 0.25) is 0 Å². The van der Waals surface area contributed by atoms with Crippen molar-refractivity contribution >= 4 is 12.1 Å². The standard InChI is InChI=1S/C20H31NO5/c1-14(2)11-16(21-19(24)26-20(3,4)5)17(22)12-18(23)25-13-15-9-7-6-8-10-15/h6-10,14,16-17,22H,11-13H2,1-5H3,(H,21,24). The Morgan fingerprint density at radius 2 is 1.77 bits per heavy atom. The van der Waals surface area contributed by atoms with Gasteiger partial charge in [0.05, 0.1) is 18.6 Å². The van der Waals surface area contributed by atoms with E-state index < -0.39 is 29.8 Å². The molecule has 0 aliphatic carbocycles. The van der Waals surface area contributed by atoms with Gasteiger partial charge in [0.1, 0.15) is 12.2 Å².